The first-order valence-electron chi connectivity index (χ1n) is 6.70. The summed E-state index contributed by atoms with van der Waals surface area (Å²) in [6.45, 7) is 5.61. The minimum atomic E-state index is -3.50. The average Bonchev–Trinajstić information content (AvgIpc) is 2.46. The van der Waals surface area contributed by atoms with Crippen molar-refractivity contribution in [1.82, 2.24) is 9.62 Å². The van der Waals surface area contributed by atoms with Gasteiger partial charge in [-0.15, -0.1) is 0 Å². The summed E-state index contributed by atoms with van der Waals surface area (Å²) in [5, 5.41) is 0. The number of hydrogen-bond acceptors (Lipinski definition) is 5. The molecule has 1 aliphatic rings. The number of rotatable bonds is 5. The summed E-state index contributed by atoms with van der Waals surface area (Å²) in [5.74, 6) is 0. The Hall–Kier alpha value is -1.15. The summed E-state index contributed by atoms with van der Waals surface area (Å²) in [6, 6.07) is 6.14. The molecule has 2 rings (SSSR count). The van der Waals surface area contributed by atoms with E-state index in [1.54, 1.807) is 12.1 Å². The predicted octanol–water partition coefficient (Wildman–Crippen LogP) is 0.268. The van der Waals surface area contributed by atoms with Crippen molar-refractivity contribution in [2.75, 3.05) is 38.5 Å². The molecule has 1 saturated heterocycles. The van der Waals surface area contributed by atoms with Crippen LogP contribution in [-0.2, 0) is 14.8 Å². The van der Waals surface area contributed by atoms with Crippen LogP contribution in [0.3, 0.4) is 0 Å². The van der Waals surface area contributed by atoms with Gasteiger partial charge in [-0.1, -0.05) is 6.92 Å². The molecule has 1 aromatic rings. The van der Waals surface area contributed by atoms with Crippen LogP contribution in [0.25, 0.3) is 0 Å². The van der Waals surface area contributed by atoms with Crippen LogP contribution in [0, 0.1) is 0 Å². The SMILES string of the molecule is CCN1CCOC(CNS(=O)(=O)c2ccc(N)cc2)C1. The van der Waals surface area contributed by atoms with E-state index in [1.165, 1.54) is 12.1 Å². The van der Waals surface area contributed by atoms with E-state index in [-0.39, 0.29) is 17.5 Å². The summed E-state index contributed by atoms with van der Waals surface area (Å²) < 4.78 is 32.4. The third-order valence-electron chi connectivity index (χ3n) is 3.36. The van der Waals surface area contributed by atoms with Gasteiger partial charge in [-0.2, -0.15) is 0 Å². The van der Waals surface area contributed by atoms with Crippen LogP contribution in [0.15, 0.2) is 29.2 Å². The van der Waals surface area contributed by atoms with Crippen molar-refractivity contribution in [2.24, 2.45) is 0 Å². The van der Waals surface area contributed by atoms with Crippen molar-refractivity contribution in [3.63, 3.8) is 0 Å². The molecule has 20 heavy (non-hydrogen) atoms. The van der Waals surface area contributed by atoms with Crippen molar-refractivity contribution in [1.29, 1.82) is 0 Å². The van der Waals surface area contributed by atoms with E-state index in [0.717, 1.165) is 19.6 Å². The second-order valence-corrected chi connectivity index (χ2v) is 6.57. The Morgan fingerprint density at radius 3 is 2.75 bits per heavy atom. The van der Waals surface area contributed by atoms with Gasteiger partial charge in [-0.3, -0.25) is 4.90 Å². The summed E-state index contributed by atoms with van der Waals surface area (Å²) in [6.07, 6.45) is -0.104. The topological polar surface area (TPSA) is 84.7 Å². The van der Waals surface area contributed by atoms with Gasteiger partial charge in [-0.05, 0) is 30.8 Å². The minimum Gasteiger partial charge on any atom is -0.399 e. The number of nitrogens with one attached hydrogen (secondary N) is 1. The van der Waals surface area contributed by atoms with Crippen LogP contribution in [0.4, 0.5) is 5.69 Å². The molecule has 112 valence electrons. The molecule has 0 spiro atoms. The Bertz CT molecular complexity index is 530. The highest BCUT2D eigenvalue weighted by atomic mass is 32.2. The summed E-state index contributed by atoms with van der Waals surface area (Å²) >= 11 is 0. The molecule has 3 N–H and O–H groups in total. The summed E-state index contributed by atoms with van der Waals surface area (Å²) in [5.41, 5.74) is 6.09. The monoisotopic (exact) mass is 299 g/mol. The number of nitrogen functional groups attached to an aromatic ring is 1. The van der Waals surface area contributed by atoms with Crippen molar-refractivity contribution >= 4 is 15.7 Å². The van der Waals surface area contributed by atoms with Gasteiger partial charge in [0.15, 0.2) is 0 Å². The van der Waals surface area contributed by atoms with Gasteiger partial charge in [0.1, 0.15) is 0 Å². The van der Waals surface area contributed by atoms with E-state index in [9.17, 15) is 8.42 Å². The first-order valence-corrected chi connectivity index (χ1v) is 8.19. The van der Waals surface area contributed by atoms with Crippen LogP contribution >= 0.6 is 0 Å². The second-order valence-electron chi connectivity index (χ2n) is 4.81. The molecule has 0 aromatic heterocycles. The number of nitrogens with zero attached hydrogens (tertiary/aromatic N) is 1. The molecular formula is C13H21N3O3S. The number of hydrogen-bond donors (Lipinski definition) is 2. The van der Waals surface area contributed by atoms with E-state index in [0.29, 0.717) is 12.3 Å². The maximum absolute atomic E-state index is 12.1. The van der Waals surface area contributed by atoms with Crippen molar-refractivity contribution in [3.8, 4) is 0 Å². The quantitative estimate of drug-likeness (QED) is 0.762. The lowest BCUT2D eigenvalue weighted by Crippen LogP contribution is -2.47. The van der Waals surface area contributed by atoms with Crippen LogP contribution in [0.1, 0.15) is 6.92 Å². The van der Waals surface area contributed by atoms with Crippen molar-refractivity contribution in [2.45, 2.75) is 17.9 Å². The zero-order valence-corrected chi connectivity index (χ0v) is 12.4. The normalized spacial score (nSPS) is 20.9. The third-order valence-corrected chi connectivity index (χ3v) is 4.80. The van der Waals surface area contributed by atoms with Gasteiger partial charge in [0.2, 0.25) is 10.0 Å². The van der Waals surface area contributed by atoms with Gasteiger partial charge >= 0.3 is 0 Å². The first-order chi connectivity index (χ1) is 9.51. The highest BCUT2D eigenvalue weighted by Gasteiger charge is 2.22. The standard InChI is InChI=1S/C13H21N3O3S/c1-2-16-7-8-19-12(10-16)9-15-20(17,18)13-5-3-11(14)4-6-13/h3-6,12,15H,2,7-10,14H2,1H3. The molecule has 1 aromatic carbocycles. The summed E-state index contributed by atoms with van der Waals surface area (Å²) in [7, 11) is -3.50. The zero-order valence-electron chi connectivity index (χ0n) is 11.6. The van der Waals surface area contributed by atoms with Crippen LogP contribution in [-0.4, -0.2) is 52.2 Å². The van der Waals surface area contributed by atoms with E-state index < -0.39 is 10.0 Å². The number of nitrogens with two attached hydrogens (primary N) is 1. The van der Waals surface area contributed by atoms with Gasteiger partial charge < -0.3 is 10.5 Å². The molecule has 0 aliphatic carbocycles. The molecule has 1 heterocycles. The smallest absolute Gasteiger partial charge is 0.240 e. The lowest BCUT2D eigenvalue weighted by atomic mass is 10.3. The molecule has 6 nitrogen and oxygen atoms in total. The van der Waals surface area contributed by atoms with Gasteiger partial charge in [0, 0.05) is 25.3 Å². The molecular weight excluding hydrogens is 278 g/mol. The average molecular weight is 299 g/mol. The fourth-order valence-corrected chi connectivity index (χ4v) is 3.19. The maximum Gasteiger partial charge on any atom is 0.240 e. The minimum absolute atomic E-state index is 0.104. The van der Waals surface area contributed by atoms with Crippen molar-refractivity contribution in [3.05, 3.63) is 24.3 Å². The largest absolute Gasteiger partial charge is 0.399 e. The van der Waals surface area contributed by atoms with Crippen LogP contribution < -0.4 is 10.5 Å². The molecule has 1 unspecified atom stereocenters. The molecule has 1 aliphatic heterocycles. The molecule has 0 radical (unpaired) electrons. The zero-order chi connectivity index (χ0) is 14.6. The number of benzene rings is 1. The number of morpholine rings is 1. The lowest BCUT2D eigenvalue weighted by Gasteiger charge is -2.32. The fraction of sp³-hybridized carbons (Fsp3) is 0.538. The summed E-state index contributed by atoms with van der Waals surface area (Å²) in [4.78, 5) is 2.46. The van der Waals surface area contributed by atoms with Crippen LogP contribution in [0.2, 0.25) is 0 Å². The molecule has 0 saturated carbocycles. The highest BCUT2D eigenvalue weighted by molar-refractivity contribution is 7.89. The Kier molecular flexibility index (Phi) is 4.98. The molecule has 0 bridgehead atoms. The van der Waals surface area contributed by atoms with E-state index in [1.807, 2.05) is 0 Å². The number of ether oxygens (including phenoxy) is 1. The fourth-order valence-electron chi connectivity index (χ4n) is 2.12. The Morgan fingerprint density at radius 2 is 2.10 bits per heavy atom. The number of anilines is 1. The lowest BCUT2D eigenvalue weighted by molar-refractivity contribution is -0.0229. The molecule has 1 fully saturated rings. The van der Waals surface area contributed by atoms with Gasteiger partial charge in [-0.25, -0.2) is 13.1 Å². The second kappa shape index (κ2) is 6.53. The molecule has 1 atom stereocenters. The van der Waals surface area contributed by atoms with E-state index in [4.69, 9.17) is 10.5 Å². The Labute approximate surface area is 120 Å². The Balaban J connectivity index is 1.94. The van der Waals surface area contributed by atoms with E-state index in [2.05, 4.69) is 16.5 Å². The van der Waals surface area contributed by atoms with Crippen molar-refractivity contribution < 1.29 is 13.2 Å². The van der Waals surface area contributed by atoms with Crippen LogP contribution in [0.5, 0.6) is 0 Å². The third kappa shape index (κ3) is 3.92. The number of likely N-dealkylation sites (N-methyl/N-ethyl adjacent to an activating group) is 1. The number of sulfonamides is 1. The molecule has 0 amide bonds. The molecule has 7 heteroatoms. The van der Waals surface area contributed by atoms with Gasteiger partial charge in [0.05, 0.1) is 17.6 Å². The first kappa shape index (κ1) is 15.2. The van der Waals surface area contributed by atoms with Gasteiger partial charge in [0.25, 0.3) is 0 Å². The van der Waals surface area contributed by atoms with E-state index >= 15 is 0 Å². The Morgan fingerprint density at radius 1 is 1.40 bits per heavy atom. The maximum atomic E-state index is 12.1. The highest BCUT2D eigenvalue weighted by Crippen LogP contribution is 2.12. The predicted molar refractivity (Wildman–Crippen MR) is 77.9 cm³/mol.